The summed E-state index contributed by atoms with van der Waals surface area (Å²) in [5.74, 6) is -1.02. The summed E-state index contributed by atoms with van der Waals surface area (Å²) in [7, 11) is -2.51. The van der Waals surface area contributed by atoms with E-state index in [-0.39, 0.29) is 46.7 Å². The number of hydrogen-bond donors (Lipinski definition) is 1. The van der Waals surface area contributed by atoms with Crippen molar-refractivity contribution >= 4 is 38.4 Å². The number of thiazole rings is 1. The van der Waals surface area contributed by atoms with Gasteiger partial charge in [0.2, 0.25) is 10.0 Å². The van der Waals surface area contributed by atoms with E-state index in [0.717, 1.165) is 11.3 Å². The summed E-state index contributed by atoms with van der Waals surface area (Å²) in [5, 5.41) is 4.22. The second kappa shape index (κ2) is 9.51. The number of rotatable bonds is 7. The van der Waals surface area contributed by atoms with Crippen LogP contribution in [0.4, 0.5) is 5.13 Å². The van der Waals surface area contributed by atoms with Crippen molar-refractivity contribution in [1.82, 2.24) is 9.29 Å². The smallest absolute Gasteiger partial charge is 0.357 e. The number of sulfonamides is 1. The van der Waals surface area contributed by atoms with Crippen LogP contribution in [0, 0.1) is 0 Å². The summed E-state index contributed by atoms with van der Waals surface area (Å²) < 4.78 is 42.6. The number of hydrogen-bond acceptors (Lipinski definition) is 9. The molecule has 2 heterocycles. The van der Waals surface area contributed by atoms with E-state index in [0.29, 0.717) is 13.2 Å². The third kappa shape index (κ3) is 4.78. The Morgan fingerprint density at radius 2 is 2.03 bits per heavy atom. The summed E-state index contributed by atoms with van der Waals surface area (Å²) in [6.45, 7) is 2.93. The van der Waals surface area contributed by atoms with Gasteiger partial charge in [0.15, 0.2) is 10.8 Å². The SMILES string of the molecule is CCOC(=O)c1csc(NC(=O)c2ccc(OC)c(S(=O)(=O)N3CCOCC3)c2)n1. The van der Waals surface area contributed by atoms with Crippen molar-refractivity contribution in [3.05, 3.63) is 34.8 Å². The van der Waals surface area contributed by atoms with E-state index in [1.54, 1.807) is 6.92 Å². The monoisotopic (exact) mass is 455 g/mol. The summed E-state index contributed by atoms with van der Waals surface area (Å²) in [6.07, 6.45) is 0. The minimum atomic E-state index is -3.87. The summed E-state index contributed by atoms with van der Waals surface area (Å²) >= 11 is 1.06. The van der Waals surface area contributed by atoms with E-state index < -0.39 is 21.9 Å². The van der Waals surface area contributed by atoms with Gasteiger partial charge in [0.25, 0.3) is 5.91 Å². The lowest BCUT2D eigenvalue weighted by Crippen LogP contribution is -2.40. The van der Waals surface area contributed by atoms with Crippen molar-refractivity contribution in [2.24, 2.45) is 0 Å². The molecule has 1 aliphatic rings. The molecular formula is C18H21N3O7S2. The van der Waals surface area contributed by atoms with Gasteiger partial charge in [-0.3, -0.25) is 10.1 Å². The lowest BCUT2D eigenvalue weighted by atomic mass is 10.2. The van der Waals surface area contributed by atoms with Crippen LogP contribution >= 0.6 is 11.3 Å². The number of esters is 1. The zero-order chi connectivity index (χ0) is 21.7. The molecule has 10 nitrogen and oxygen atoms in total. The van der Waals surface area contributed by atoms with E-state index in [2.05, 4.69) is 10.3 Å². The minimum absolute atomic E-state index is 0.0856. The lowest BCUT2D eigenvalue weighted by Gasteiger charge is -2.26. The predicted octanol–water partition coefficient (Wildman–Crippen LogP) is 1.60. The molecule has 1 saturated heterocycles. The summed E-state index contributed by atoms with van der Waals surface area (Å²) in [6, 6.07) is 4.14. The Labute approximate surface area is 177 Å². The van der Waals surface area contributed by atoms with Crippen LogP contribution in [0.2, 0.25) is 0 Å². The number of nitrogens with zero attached hydrogens (tertiary/aromatic N) is 2. The van der Waals surface area contributed by atoms with Crippen LogP contribution in [-0.4, -0.2) is 69.6 Å². The van der Waals surface area contributed by atoms with Gasteiger partial charge >= 0.3 is 5.97 Å². The van der Waals surface area contributed by atoms with Crippen molar-refractivity contribution in [1.29, 1.82) is 0 Å². The summed E-state index contributed by atoms with van der Waals surface area (Å²) in [5.41, 5.74) is 0.193. The number of ether oxygens (including phenoxy) is 3. The van der Waals surface area contributed by atoms with Crippen LogP contribution in [0.15, 0.2) is 28.5 Å². The molecule has 1 aromatic heterocycles. The first-order valence-electron chi connectivity index (χ1n) is 9.06. The maximum Gasteiger partial charge on any atom is 0.357 e. The van der Waals surface area contributed by atoms with Gasteiger partial charge in [-0.2, -0.15) is 4.31 Å². The van der Waals surface area contributed by atoms with E-state index >= 15 is 0 Å². The number of amides is 1. The fourth-order valence-electron chi connectivity index (χ4n) is 2.74. The molecule has 3 rings (SSSR count). The average Bonchev–Trinajstić information content (AvgIpc) is 3.22. The fourth-order valence-corrected chi connectivity index (χ4v) is 5.01. The quantitative estimate of drug-likeness (QED) is 0.625. The molecule has 12 heteroatoms. The highest BCUT2D eigenvalue weighted by molar-refractivity contribution is 7.89. The van der Waals surface area contributed by atoms with Crippen LogP contribution in [0.1, 0.15) is 27.8 Å². The van der Waals surface area contributed by atoms with Gasteiger partial charge in [0.1, 0.15) is 10.6 Å². The Morgan fingerprint density at radius 3 is 2.70 bits per heavy atom. The average molecular weight is 456 g/mol. The van der Waals surface area contributed by atoms with Gasteiger partial charge < -0.3 is 14.2 Å². The van der Waals surface area contributed by atoms with E-state index in [1.165, 1.54) is 35.0 Å². The Morgan fingerprint density at radius 1 is 1.30 bits per heavy atom. The summed E-state index contributed by atoms with van der Waals surface area (Å²) in [4.78, 5) is 28.3. The maximum absolute atomic E-state index is 13.0. The molecule has 162 valence electrons. The second-order valence-electron chi connectivity index (χ2n) is 6.09. The van der Waals surface area contributed by atoms with Gasteiger partial charge in [-0.05, 0) is 25.1 Å². The van der Waals surface area contributed by atoms with Crippen molar-refractivity contribution in [2.45, 2.75) is 11.8 Å². The van der Waals surface area contributed by atoms with Crippen LogP contribution in [0.5, 0.6) is 5.75 Å². The standard InChI is InChI=1S/C18H21N3O7S2/c1-3-28-17(23)13-11-29-18(19-13)20-16(22)12-4-5-14(26-2)15(10-12)30(24,25)21-6-8-27-9-7-21/h4-5,10-11H,3,6-9H2,1-2H3,(H,19,20,22). The van der Waals surface area contributed by atoms with Gasteiger partial charge in [-0.25, -0.2) is 18.2 Å². The Kier molecular flexibility index (Phi) is 7.02. The molecule has 1 amide bonds. The maximum atomic E-state index is 13.0. The minimum Gasteiger partial charge on any atom is -0.495 e. The first kappa shape index (κ1) is 22.2. The predicted molar refractivity (Wildman–Crippen MR) is 109 cm³/mol. The van der Waals surface area contributed by atoms with Crippen LogP contribution in [0.25, 0.3) is 0 Å². The van der Waals surface area contributed by atoms with E-state index in [9.17, 15) is 18.0 Å². The highest BCUT2D eigenvalue weighted by Crippen LogP contribution is 2.29. The van der Waals surface area contributed by atoms with Gasteiger partial charge in [-0.1, -0.05) is 0 Å². The van der Waals surface area contributed by atoms with Gasteiger partial charge in [0, 0.05) is 24.0 Å². The van der Waals surface area contributed by atoms with Crippen LogP contribution in [0.3, 0.4) is 0 Å². The molecule has 0 spiro atoms. The number of nitrogens with one attached hydrogen (secondary N) is 1. The molecule has 1 aromatic carbocycles. The van der Waals surface area contributed by atoms with Crippen LogP contribution < -0.4 is 10.1 Å². The van der Waals surface area contributed by atoms with E-state index in [4.69, 9.17) is 14.2 Å². The van der Waals surface area contributed by atoms with Gasteiger partial charge in [-0.15, -0.1) is 11.3 Å². The number of methoxy groups -OCH3 is 1. The highest BCUT2D eigenvalue weighted by atomic mass is 32.2. The lowest BCUT2D eigenvalue weighted by molar-refractivity contribution is 0.0520. The largest absolute Gasteiger partial charge is 0.495 e. The first-order valence-corrected chi connectivity index (χ1v) is 11.4. The topological polar surface area (TPSA) is 124 Å². The molecule has 0 bridgehead atoms. The third-order valence-corrected chi connectivity index (χ3v) is 6.90. The molecule has 0 atom stereocenters. The zero-order valence-corrected chi connectivity index (χ0v) is 18.0. The Bertz CT molecular complexity index is 1030. The third-order valence-electron chi connectivity index (χ3n) is 4.22. The van der Waals surface area contributed by atoms with Crippen molar-refractivity contribution in [2.75, 3.05) is 45.3 Å². The number of anilines is 1. The highest BCUT2D eigenvalue weighted by Gasteiger charge is 2.30. The molecule has 2 aromatic rings. The zero-order valence-electron chi connectivity index (χ0n) is 16.4. The number of carbonyl (C=O) groups excluding carboxylic acids is 2. The molecule has 0 radical (unpaired) electrons. The molecule has 0 aliphatic carbocycles. The number of carbonyl (C=O) groups is 2. The molecule has 0 unspecified atom stereocenters. The Balaban J connectivity index is 1.83. The number of benzene rings is 1. The fraction of sp³-hybridized carbons (Fsp3) is 0.389. The van der Waals surface area contributed by atoms with Crippen molar-refractivity contribution < 1.29 is 32.2 Å². The van der Waals surface area contributed by atoms with E-state index in [1.807, 2.05) is 0 Å². The van der Waals surface area contributed by atoms with Crippen LogP contribution in [-0.2, 0) is 19.5 Å². The first-order chi connectivity index (χ1) is 14.4. The number of aromatic nitrogens is 1. The molecule has 0 saturated carbocycles. The van der Waals surface area contributed by atoms with Crippen molar-refractivity contribution in [3.8, 4) is 5.75 Å². The second-order valence-corrected chi connectivity index (χ2v) is 8.86. The molecule has 1 fully saturated rings. The molecule has 1 aliphatic heterocycles. The number of morpholine rings is 1. The molecule has 30 heavy (non-hydrogen) atoms. The van der Waals surface area contributed by atoms with Crippen molar-refractivity contribution in [3.63, 3.8) is 0 Å². The van der Waals surface area contributed by atoms with Gasteiger partial charge in [0.05, 0.1) is 26.9 Å². The molecular weight excluding hydrogens is 434 g/mol. The normalized spacial score (nSPS) is 14.9. The Hall–Kier alpha value is -2.54. The molecule has 1 N–H and O–H groups in total.